The van der Waals surface area contributed by atoms with Gasteiger partial charge in [0.15, 0.2) is 0 Å². The Bertz CT molecular complexity index is 635. The lowest BCUT2D eigenvalue weighted by molar-refractivity contribution is -0.124. The van der Waals surface area contributed by atoms with E-state index in [0.717, 1.165) is 24.0 Å². The Balaban J connectivity index is 1.65. The molecule has 1 N–H and O–H groups in total. The highest BCUT2D eigenvalue weighted by molar-refractivity contribution is 7.07. The van der Waals surface area contributed by atoms with Gasteiger partial charge in [-0.2, -0.15) is 11.3 Å². The molecule has 0 spiro atoms. The Kier molecular flexibility index (Phi) is 4.27. The normalized spacial score (nSPS) is 17.0. The van der Waals surface area contributed by atoms with Crippen molar-refractivity contribution in [3.05, 3.63) is 58.0 Å². The van der Waals surface area contributed by atoms with Crippen LogP contribution in [0.3, 0.4) is 0 Å². The van der Waals surface area contributed by atoms with E-state index in [9.17, 15) is 9.18 Å². The zero-order chi connectivity index (χ0) is 15.6. The van der Waals surface area contributed by atoms with Crippen molar-refractivity contribution in [2.75, 3.05) is 13.7 Å². The lowest BCUT2D eigenvalue weighted by atomic mass is 9.95. The number of ether oxygens (including phenoxy) is 1. The van der Waals surface area contributed by atoms with Crippen LogP contribution in [0, 0.1) is 5.82 Å². The summed E-state index contributed by atoms with van der Waals surface area (Å²) in [6.45, 7) is 0.439. The smallest absolute Gasteiger partial charge is 0.230 e. The van der Waals surface area contributed by atoms with Crippen LogP contribution in [0.15, 0.2) is 41.1 Å². The molecule has 0 bridgehead atoms. The molecule has 116 valence electrons. The van der Waals surface area contributed by atoms with E-state index in [1.54, 1.807) is 30.6 Å². The van der Waals surface area contributed by atoms with Gasteiger partial charge in [-0.15, -0.1) is 0 Å². The Hall–Kier alpha value is -1.72. The van der Waals surface area contributed by atoms with Gasteiger partial charge in [-0.05, 0) is 52.9 Å². The van der Waals surface area contributed by atoms with Crippen molar-refractivity contribution in [3.63, 3.8) is 0 Å². The summed E-state index contributed by atoms with van der Waals surface area (Å²) in [5.41, 5.74) is 1.47. The number of nitrogens with one attached hydrogen (secondary N) is 1. The van der Waals surface area contributed by atoms with Gasteiger partial charge in [0.2, 0.25) is 5.91 Å². The number of methoxy groups -OCH3 is 1. The molecule has 1 aliphatic carbocycles. The van der Waals surface area contributed by atoms with E-state index in [4.69, 9.17) is 4.74 Å². The van der Waals surface area contributed by atoms with Crippen LogP contribution in [0.2, 0.25) is 0 Å². The number of carbonyl (C=O) groups is 1. The van der Waals surface area contributed by atoms with Crippen molar-refractivity contribution in [1.29, 1.82) is 0 Å². The number of benzene rings is 1. The predicted molar refractivity (Wildman–Crippen MR) is 84.4 cm³/mol. The summed E-state index contributed by atoms with van der Waals surface area (Å²) >= 11 is 1.61. The highest BCUT2D eigenvalue weighted by Gasteiger charge is 2.51. The minimum absolute atomic E-state index is 0.00334. The molecule has 1 saturated carbocycles. The van der Waals surface area contributed by atoms with Crippen LogP contribution in [0.5, 0.6) is 0 Å². The van der Waals surface area contributed by atoms with Gasteiger partial charge in [-0.1, -0.05) is 12.1 Å². The van der Waals surface area contributed by atoms with Gasteiger partial charge in [-0.3, -0.25) is 4.79 Å². The van der Waals surface area contributed by atoms with Gasteiger partial charge in [-0.25, -0.2) is 4.39 Å². The van der Waals surface area contributed by atoms with Crippen LogP contribution < -0.4 is 5.32 Å². The zero-order valence-electron chi connectivity index (χ0n) is 12.3. The average Bonchev–Trinajstić information content (AvgIpc) is 3.17. The second-order valence-corrected chi connectivity index (χ2v) is 6.36. The first-order valence-electron chi connectivity index (χ1n) is 7.25. The Morgan fingerprint density at radius 1 is 1.36 bits per heavy atom. The van der Waals surface area contributed by atoms with Crippen LogP contribution in [-0.2, 0) is 14.9 Å². The van der Waals surface area contributed by atoms with Crippen LogP contribution in [0.25, 0.3) is 0 Å². The van der Waals surface area contributed by atoms with Gasteiger partial charge in [0.1, 0.15) is 11.9 Å². The molecule has 0 unspecified atom stereocenters. The maximum atomic E-state index is 13.0. The number of rotatable bonds is 6. The number of hydrogen-bond acceptors (Lipinski definition) is 3. The number of thiophene rings is 1. The van der Waals surface area contributed by atoms with Crippen molar-refractivity contribution in [2.45, 2.75) is 24.4 Å². The molecule has 1 atom stereocenters. The first-order chi connectivity index (χ1) is 10.7. The van der Waals surface area contributed by atoms with Gasteiger partial charge >= 0.3 is 0 Å². The van der Waals surface area contributed by atoms with Gasteiger partial charge < -0.3 is 10.1 Å². The quantitative estimate of drug-likeness (QED) is 0.886. The fraction of sp³-hybridized carbons (Fsp3) is 0.353. The average molecular weight is 319 g/mol. The molecule has 0 aliphatic heterocycles. The zero-order valence-corrected chi connectivity index (χ0v) is 13.2. The van der Waals surface area contributed by atoms with Crippen LogP contribution in [0.1, 0.15) is 30.1 Å². The molecule has 3 rings (SSSR count). The van der Waals surface area contributed by atoms with Gasteiger partial charge in [0, 0.05) is 13.7 Å². The summed E-state index contributed by atoms with van der Waals surface area (Å²) in [7, 11) is 1.64. The van der Waals surface area contributed by atoms with E-state index in [1.165, 1.54) is 12.1 Å². The van der Waals surface area contributed by atoms with Crippen LogP contribution in [-0.4, -0.2) is 19.6 Å². The molecule has 1 heterocycles. The molecule has 1 aliphatic rings. The largest absolute Gasteiger partial charge is 0.375 e. The van der Waals surface area contributed by atoms with E-state index in [2.05, 4.69) is 5.32 Å². The molecule has 5 heteroatoms. The van der Waals surface area contributed by atoms with E-state index in [0.29, 0.717) is 6.54 Å². The van der Waals surface area contributed by atoms with Crippen molar-refractivity contribution >= 4 is 17.2 Å². The minimum atomic E-state index is -0.485. The third-order valence-electron chi connectivity index (χ3n) is 4.23. The molecule has 0 radical (unpaired) electrons. The maximum Gasteiger partial charge on any atom is 0.230 e. The van der Waals surface area contributed by atoms with E-state index >= 15 is 0 Å². The van der Waals surface area contributed by atoms with Crippen LogP contribution >= 0.6 is 11.3 Å². The van der Waals surface area contributed by atoms with Crippen LogP contribution in [0.4, 0.5) is 4.39 Å². The fourth-order valence-corrected chi connectivity index (χ4v) is 3.39. The summed E-state index contributed by atoms with van der Waals surface area (Å²) < 4.78 is 18.5. The molecule has 2 aromatic rings. The molecule has 0 saturated heterocycles. The topological polar surface area (TPSA) is 38.3 Å². The Labute approximate surface area is 133 Å². The highest BCUT2D eigenvalue weighted by atomic mass is 32.1. The summed E-state index contributed by atoms with van der Waals surface area (Å²) in [6, 6.07) is 8.22. The maximum absolute atomic E-state index is 13.0. The molecule has 1 aromatic heterocycles. The molecular formula is C17H18FNO2S. The monoisotopic (exact) mass is 319 g/mol. The Morgan fingerprint density at radius 2 is 2.09 bits per heavy atom. The molecule has 1 aromatic carbocycles. The standard InChI is InChI=1S/C17H18FNO2S/c1-21-15(12-6-9-22-11-12)10-19-16(20)17(7-8-17)13-2-4-14(18)5-3-13/h2-6,9,11,15H,7-8,10H2,1H3,(H,19,20)/t15-/m1/s1. The van der Waals surface area contributed by atoms with E-state index in [-0.39, 0.29) is 17.8 Å². The second-order valence-electron chi connectivity index (χ2n) is 5.58. The van der Waals surface area contributed by atoms with Crippen molar-refractivity contribution in [3.8, 4) is 0 Å². The van der Waals surface area contributed by atoms with Gasteiger partial charge in [0.25, 0.3) is 0 Å². The third kappa shape index (κ3) is 2.91. The van der Waals surface area contributed by atoms with Crippen molar-refractivity contribution in [2.24, 2.45) is 0 Å². The predicted octanol–water partition coefficient (Wildman–Crippen LogP) is 3.42. The highest BCUT2D eigenvalue weighted by Crippen LogP contribution is 2.48. The van der Waals surface area contributed by atoms with Crippen molar-refractivity contribution in [1.82, 2.24) is 5.32 Å². The molecular weight excluding hydrogens is 301 g/mol. The van der Waals surface area contributed by atoms with Gasteiger partial charge in [0.05, 0.1) is 5.41 Å². The number of amides is 1. The molecule has 1 amide bonds. The number of hydrogen-bond donors (Lipinski definition) is 1. The molecule has 3 nitrogen and oxygen atoms in total. The first kappa shape index (κ1) is 15.2. The second kappa shape index (κ2) is 6.18. The third-order valence-corrected chi connectivity index (χ3v) is 4.93. The molecule has 22 heavy (non-hydrogen) atoms. The first-order valence-corrected chi connectivity index (χ1v) is 8.19. The number of carbonyl (C=O) groups excluding carboxylic acids is 1. The minimum Gasteiger partial charge on any atom is -0.375 e. The summed E-state index contributed by atoms with van der Waals surface area (Å²) in [4.78, 5) is 12.5. The Morgan fingerprint density at radius 3 is 2.64 bits per heavy atom. The summed E-state index contributed by atoms with van der Waals surface area (Å²) in [6.07, 6.45) is 1.47. The molecule has 1 fully saturated rings. The van der Waals surface area contributed by atoms with E-state index < -0.39 is 5.41 Å². The SMILES string of the molecule is CO[C@H](CNC(=O)C1(c2ccc(F)cc2)CC1)c1ccsc1. The van der Waals surface area contributed by atoms with E-state index in [1.807, 2.05) is 16.8 Å². The van der Waals surface area contributed by atoms with Crippen molar-refractivity contribution < 1.29 is 13.9 Å². The lowest BCUT2D eigenvalue weighted by Crippen LogP contribution is -2.37. The number of halogens is 1. The fourth-order valence-electron chi connectivity index (χ4n) is 2.69. The summed E-state index contributed by atoms with van der Waals surface area (Å²) in [5.74, 6) is -0.284. The summed E-state index contributed by atoms with van der Waals surface area (Å²) in [5, 5.41) is 7.00. The lowest BCUT2D eigenvalue weighted by Gasteiger charge is -2.19.